The Morgan fingerprint density at radius 3 is 2.20 bits per heavy atom. The summed E-state index contributed by atoms with van der Waals surface area (Å²) in [4.78, 5) is 2.26. The highest BCUT2D eigenvalue weighted by Gasteiger charge is 2.13. The second-order valence-electron chi connectivity index (χ2n) is 5.85. The lowest BCUT2D eigenvalue weighted by Gasteiger charge is -2.19. The van der Waals surface area contributed by atoms with Crippen molar-refractivity contribution in [3.05, 3.63) is 58.6 Å². The molecule has 0 bridgehead atoms. The Balaban J connectivity index is 2.18. The SMILES string of the molecule is CC(C)(C)c1ccc(Sc2ccc(CN)cc2Cl)cc1. The molecule has 0 aliphatic heterocycles. The molecule has 0 fully saturated rings. The second kappa shape index (κ2) is 6.21. The fraction of sp³-hybridized carbons (Fsp3) is 0.294. The highest BCUT2D eigenvalue weighted by molar-refractivity contribution is 7.99. The van der Waals surface area contributed by atoms with Crippen LogP contribution in [0, 0.1) is 0 Å². The molecule has 0 atom stereocenters. The first-order valence-corrected chi connectivity index (χ1v) is 7.86. The van der Waals surface area contributed by atoms with E-state index in [1.54, 1.807) is 11.8 Å². The zero-order valence-corrected chi connectivity index (χ0v) is 13.7. The van der Waals surface area contributed by atoms with Crippen LogP contribution in [0.5, 0.6) is 0 Å². The average molecular weight is 306 g/mol. The van der Waals surface area contributed by atoms with E-state index in [1.807, 2.05) is 18.2 Å². The first-order valence-electron chi connectivity index (χ1n) is 6.67. The van der Waals surface area contributed by atoms with E-state index in [2.05, 4.69) is 45.0 Å². The minimum atomic E-state index is 0.184. The van der Waals surface area contributed by atoms with Gasteiger partial charge in [-0.2, -0.15) is 0 Å². The first kappa shape index (κ1) is 15.4. The Bertz CT molecular complexity index is 585. The first-order chi connectivity index (χ1) is 9.40. The molecule has 0 aliphatic rings. The fourth-order valence-corrected chi connectivity index (χ4v) is 3.04. The Morgan fingerprint density at radius 2 is 1.70 bits per heavy atom. The van der Waals surface area contributed by atoms with Gasteiger partial charge in [-0.15, -0.1) is 0 Å². The van der Waals surface area contributed by atoms with Crippen LogP contribution in [-0.2, 0) is 12.0 Å². The van der Waals surface area contributed by atoms with Crippen LogP contribution in [0.4, 0.5) is 0 Å². The molecular weight excluding hydrogens is 286 g/mol. The van der Waals surface area contributed by atoms with Crippen LogP contribution in [0.1, 0.15) is 31.9 Å². The molecule has 2 aromatic rings. The molecule has 2 rings (SSSR count). The average Bonchev–Trinajstić information content (AvgIpc) is 2.40. The number of hydrogen-bond acceptors (Lipinski definition) is 2. The van der Waals surface area contributed by atoms with Crippen LogP contribution >= 0.6 is 23.4 Å². The van der Waals surface area contributed by atoms with Crippen molar-refractivity contribution in [2.75, 3.05) is 0 Å². The molecule has 0 saturated heterocycles. The quantitative estimate of drug-likeness (QED) is 0.838. The molecule has 0 radical (unpaired) electrons. The van der Waals surface area contributed by atoms with E-state index < -0.39 is 0 Å². The maximum atomic E-state index is 6.29. The van der Waals surface area contributed by atoms with E-state index in [9.17, 15) is 0 Å². The summed E-state index contributed by atoms with van der Waals surface area (Å²) in [6.07, 6.45) is 0. The summed E-state index contributed by atoms with van der Waals surface area (Å²) >= 11 is 7.97. The molecule has 0 amide bonds. The van der Waals surface area contributed by atoms with Gasteiger partial charge in [-0.1, -0.05) is 62.3 Å². The number of halogens is 1. The van der Waals surface area contributed by atoms with E-state index >= 15 is 0 Å². The minimum absolute atomic E-state index is 0.184. The summed E-state index contributed by atoms with van der Waals surface area (Å²) in [6, 6.07) is 14.7. The predicted molar refractivity (Wildman–Crippen MR) is 88.6 cm³/mol. The molecule has 106 valence electrons. The van der Waals surface area contributed by atoms with Gasteiger partial charge < -0.3 is 5.73 Å². The van der Waals surface area contributed by atoms with Gasteiger partial charge in [0.05, 0.1) is 5.02 Å². The lowest BCUT2D eigenvalue weighted by atomic mass is 9.87. The van der Waals surface area contributed by atoms with Crippen molar-refractivity contribution in [1.29, 1.82) is 0 Å². The van der Waals surface area contributed by atoms with Crippen LogP contribution in [0.3, 0.4) is 0 Å². The normalized spacial score (nSPS) is 11.7. The number of benzene rings is 2. The molecule has 0 spiro atoms. The molecule has 3 heteroatoms. The van der Waals surface area contributed by atoms with Crippen molar-refractivity contribution >= 4 is 23.4 Å². The van der Waals surface area contributed by atoms with Gasteiger partial charge in [0.1, 0.15) is 0 Å². The smallest absolute Gasteiger partial charge is 0.0548 e. The Morgan fingerprint density at radius 1 is 1.05 bits per heavy atom. The predicted octanol–water partition coefficient (Wildman–Crippen LogP) is 5.25. The number of nitrogens with two attached hydrogens (primary N) is 1. The van der Waals surface area contributed by atoms with Crippen molar-refractivity contribution in [3.8, 4) is 0 Å². The zero-order valence-electron chi connectivity index (χ0n) is 12.1. The van der Waals surface area contributed by atoms with E-state index in [0.717, 1.165) is 15.5 Å². The van der Waals surface area contributed by atoms with E-state index in [1.165, 1.54) is 10.5 Å². The highest BCUT2D eigenvalue weighted by atomic mass is 35.5. The topological polar surface area (TPSA) is 26.0 Å². The summed E-state index contributed by atoms with van der Waals surface area (Å²) in [5.41, 5.74) is 8.19. The van der Waals surface area contributed by atoms with Crippen LogP contribution in [0.2, 0.25) is 5.02 Å². The summed E-state index contributed by atoms with van der Waals surface area (Å²) in [5.74, 6) is 0. The molecule has 0 saturated carbocycles. The van der Waals surface area contributed by atoms with E-state index in [0.29, 0.717) is 6.54 Å². The summed E-state index contributed by atoms with van der Waals surface area (Å²) < 4.78 is 0. The van der Waals surface area contributed by atoms with Gasteiger partial charge in [0.2, 0.25) is 0 Å². The van der Waals surface area contributed by atoms with Crippen molar-refractivity contribution in [3.63, 3.8) is 0 Å². The van der Waals surface area contributed by atoms with Crippen LogP contribution < -0.4 is 5.73 Å². The maximum absolute atomic E-state index is 6.29. The van der Waals surface area contributed by atoms with Gasteiger partial charge in [-0.05, 0) is 40.8 Å². The minimum Gasteiger partial charge on any atom is -0.326 e. The fourth-order valence-electron chi connectivity index (χ4n) is 1.90. The van der Waals surface area contributed by atoms with Crippen molar-refractivity contribution in [2.45, 2.75) is 42.5 Å². The van der Waals surface area contributed by atoms with Crippen molar-refractivity contribution in [2.24, 2.45) is 5.73 Å². The molecule has 2 N–H and O–H groups in total. The summed E-state index contributed by atoms with van der Waals surface area (Å²) in [5, 5.41) is 0.762. The van der Waals surface area contributed by atoms with Crippen molar-refractivity contribution in [1.82, 2.24) is 0 Å². The number of rotatable bonds is 3. The number of hydrogen-bond donors (Lipinski definition) is 1. The van der Waals surface area contributed by atoms with Gasteiger partial charge >= 0.3 is 0 Å². The molecule has 0 aromatic heterocycles. The van der Waals surface area contributed by atoms with Crippen LogP contribution in [-0.4, -0.2) is 0 Å². The van der Waals surface area contributed by atoms with Crippen LogP contribution in [0.25, 0.3) is 0 Å². The van der Waals surface area contributed by atoms with Gasteiger partial charge in [0.15, 0.2) is 0 Å². The molecular formula is C17H20ClNS. The van der Waals surface area contributed by atoms with Gasteiger partial charge in [-0.25, -0.2) is 0 Å². The third-order valence-corrected chi connectivity index (χ3v) is 4.69. The highest BCUT2D eigenvalue weighted by Crippen LogP contribution is 2.34. The largest absolute Gasteiger partial charge is 0.326 e. The molecule has 0 heterocycles. The van der Waals surface area contributed by atoms with E-state index in [4.69, 9.17) is 17.3 Å². The van der Waals surface area contributed by atoms with Gasteiger partial charge in [0.25, 0.3) is 0 Å². The van der Waals surface area contributed by atoms with Gasteiger partial charge in [-0.3, -0.25) is 0 Å². The maximum Gasteiger partial charge on any atom is 0.0548 e. The monoisotopic (exact) mass is 305 g/mol. The molecule has 0 unspecified atom stereocenters. The Labute approximate surface area is 130 Å². The summed E-state index contributed by atoms with van der Waals surface area (Å²) in [6.45, 7) is 7.18. The molecule has 1 nitrogen and oxygen atoms in total. The van der Waals surface area contributed by atoms with E-state index in [-0.39, 0.29) is 5.41 Å². The lowest BCUT2D eigenvalue weighted by Crippen LogP contribution is -2.10. The zero-order chi connectivity index (χ0) is 14.8. The molecule has 0 aliphatic carbocycles. The Kier molecular flexibility index (Phi) is 4.79. The third-order valence-electron chi connectivity index (χ3n) is 3.18. The molecule has 20 heavy (non-hydrogen) atoms. The standard InChI is InChI=1S/C17H20ClNS/c1-17(2,3)13-5-7-14(8-6-13)20-16-9-4-12(11-19)10-15(16)18/h4-10H,11,19H2,1-3H3. The summed E-state index contributed by atoms with van der Waals surface area (Å²) in [7, 11) is 0. The molecule has 2 aromatic carbocycles. The Hall–Kier alpha value is -0.960. The second-order valence-corrected chi connectivity index (χ2v) is 7.37. The third kappa shape index (κ3) is 3.78. The van der Waals surface area contributed by atoms with Crippen LogP contribution in [0.15, 0.2) is 52.3 Å². The van der Waals surface area contributed by atoms with Gasteiger partial charge in [0, 0.05) is 16.3 Å². The lowest BCUT2D eigenvalue weighted by molar-refractivity contribution is 0.590. The van der Waals surface area contributed by atoms with Crippen molar-refractivity contribution < 1.29 is 0 Å².